The fraction of sp³-hybridized carbons (Fsp3) is 0.267. The van der Waals surface area contributed by atoms with Gasteiger partial charge in [-0.25, -0.2) is 4.79 Å². The van der Waals surface area contributed by atoms with Crippen molar-refractivity contribution in [3.8, 4) is 0 Å². The normalized spacial score (nSPS) is 18.7. The van der Waals surface area contributed by atoms with Crippen LogP contribution in [-0.4, -0.2) is 33.9 Å². The zero-order valence-electron chi connectivity index (χ0n) is 20.8. The number of hydrogen-bond donors (Lipinski definition) is 1. The second-order valence-corrected chi connectivity index (χ2v) is 9.65. The van der Waals surface area contributed by atoms with E-state index in [1.165, 1.54) is 10.5 Å². The number of ether oxygens (including phenoxy) is 1. The summed E-state index contributed by atoms with van der Waals surface area (Å²) in [6, 6.07) is 14.7. The van der Waals surface area contributed by atoms with E-state index < -0.39 is 23.7 Å². The maximum absolute atomic E-state index is 13.4. The maximum atomic E-state index is 13.4. The zero-order valence-corrected chi connectivity index (χ0v) is 20.8. The van der Waals surface area contributed by atoms with Crippen LogP contribution in [0.1, 0.15) is 65.3 Å². The van der Waals surface area contributed by atoms with Crippen molar-refractivity contribution in [2.24, 2.45) is 0 Å². The first kappa shape index (κ1) is 24.4. The lowest BCUT2D eigenvalue weighted by atomic mass is 9.89. The number of aryl methyl sites for hydroxylation is 2. The average Bonchev–Trinajstić information content (AvgIpc) is 3.18. The molecule has 0 bridgehead atoms. The van der Waals surface area contributed by atoms with E-state index in [2.05, 4.69) is 4.98 Å². The van der Waals surface area contributed by atoms with Crippen LogP contribution in [0, 0.1) is 0 Å². The maximum Gasteiger partial charge on any atom is 0.338 e. The number of carbonyl (C=O) groups excluding carboxylic acids is 3. The highest BCUT2D eigenvalue weighted by atomic mass is 16.5. The van der Waals surface area contributed by atoms with Gasteiger partial charge >= 0.3 is 5.97 Å². The van der Waals surface area contributed by atoms with Crippen molar-refractivity contribution in [3.63, 3.8) is 0 Å². The van der Waals surface area contributed by atoms with Gasteiger partial charge in [0.05, 0.1) is 23.3 Å². The van der Waals surface area contributed by atoms with Gasteiger partial charge in [0.2, 0.25) is 0 Å². The van der Waals surface area contributed by atoms with Crippen LogP contribution >= 0.6 is 0 Å². The zero-order chi connectivity index (χ0) is 26.1. The number of nitrogens with zero attached hydrogens (tertiary/aromatic N) is 2. The van der Waals surface area contributed by atoms with Gasteiger partial charge in [0, 0.05) is 23.6 Å². The summed E-state index contributed by atoms with van der Waals surface area (Å²) in [5.41, 5.74) is 4.28. The third kappa shape index (κ3) is 4.65. The Kier molecular flexibility index (Phi) is 6.61. The molecule has 5 rings (SSSR count). The Morgan fingerprint density at radius 1 is 1.00 bits per heavy atom. The first-order valence-corrected chi connectivity index (χ1v) is 12.5. The summed E-state index contributed by atoms with van der Waals surface area (Å²) >= 11 is 0. The Morgan fingerprint density at radius 2 is 1.70 bits per heavy atom. The first-order chi connectivity index (χ1) is 17.8. The predicted molar refractivity (Wildman–Crippen MR) is 139 cm³/mol. The number of hydrogen-bond acceptors (Lipinski definition) is 6. The number of aliphatic hydroxyl groups is 1. The third-order valence-electron chi connectivity index (χ3n) is 6.79. The summed E-state index contributed by atoms with van der Waals surface area (Å²) in [5, 5.41) is 11.4. The molecule has 1 atom stereocenters. The van der Waals surface area contributed by atoms with E-state index in [0.717, 1.165) is 31.2 Å². The number of ketones is 1. The summed E-state index contributed by atoms with van der Waals surface area (Å²) in [7, 11) is 0. The van der Waals surface area contributed by atoms with E-state index in [1.54, 1.807) is 62.6 Å². The largest absolute Gasteiger partial charge is 0.507 e. The van der Waals surface area contributed by atoms with Gasteiger partial charge in [0.25, 0.3) is 11.7 Å². The molecule has 1 aliphatic heterocycles. The molecule has 1 fully saturated rings. The molecular weight excluding hydrogens is 468 g/mol. The molecule has 2 aromatic carbocycles. The van der Waals surface area contributed by atoms with Gasteiger partial charge in [-0.3, -0.25) is 19.5 Å². The van der Waals surface area contributed by atoms with Crippen molar-refractivity contribution in [2.45, 2.75) is 51.7 Å². The molecule has 2 heterocycles. The molecule has 7 heteroatoms. The number of fused-ring (bicyclic) bond motifs is 1. The van der Waals surface area contributed by atoms with Gasteiger partial charge < -0.3 is 9.84 Å². The van der Waals surface area contributed by atoms with E-state index in [0.29, 0.717) is 22.4 Å². The summed E-state index contributed by atoms with van der Waals surface area (Å²) in [6.07, 6.45) is 7.06. The van der Waals surface area contributed by atoms with Crippen LogP contribution in [0.4, 0.5) is 5.69 Å². The molecule has 1 N–H and O–H groups in total. The molecule has 37 heavy (non-hydrogen) atoms. The average molecular weight is 497 g/mol. The SMILES string of the molecule is CC(C)OC(=O)c1ccc(N2C(=O)C(=O)/C(=C(\O)c3ccc4c(c3)CCCC4)C2c2cccnc2)cc1. The number of pyridine rings is 1. The number of esters is 1. The summed E-state index contributed by atoms with van der Waals surface area (Å²) in [4.78, 5) is 44.5. The van der Waals surface area contributed by atoms with Crippen LogP contribution in [0.25, 0.3) is 5.76 Å². The highest BCUT2D eigenvalue weighted by Crippen LogP contribution is 2.42. The Hall–Kier alpha value is -4.26. The first-order valence-electron chi connectivity index (χ1n) is 12.5. The minimum absolute atomic E-state index is 0.0112. The summed E-state index contributed by atoms with van der Waals surface area (Å²) in [5.74, 6) is -2.21. The van der Waals surface area contributed by atoms with Crippen LogP contribution in [0.5, 0.6) is 0 Å². The number of aliphatic hydroxyl groups excluding tert-OH is 1. The van der Waals surface area contributed by atoms with Crippen LogP contribution in [-0.2, 0) is 27.2 Å². The van der Waals surface area contributed by atoms with E-state index >= 15 is 0 Å². The number of carbonyl (C=O) groups is 3. The number of Topliss-reactive ketones (excluding diaryl/α,β-unsaturated/α-hetero) is 1. The van der Waals surface area contributed by atoms with Crippen molar-refractivity contribution >= 4 is 29.1 Å². The summed E-state index contributed by atoms with van der Waals surface area (Å²) in [6.45, 7) is 3.53. The molecule has 1 aliphatic carbocycles. The van der Waals surface area contributed by atoms with Gasteiger partial charge in [-0.05, 0) is 92.6 Å². The van der Waals surface area contributed by atoms with Gasteiger partial charge in [-0.2, -0.15) is 0 Å². The molecule has 1 saturated heterocycles. The molecule has 1 aromatic heterocycles. The summed E-state index contributed by atoms with van der Waals surface area (Å²) < 4.78 is 5.24. The number of amides is 1. The van der Waals surface area contributed by atoms with Gasteiger partial charge in [0.1, 0.15) is 5.76 Å². The number of benzene rings is 2. The second kappa shape index (κ2) is 10.0. The lowest BCUT2D eigenvalue weighted by Gasteiger charge is -2.25. The predicted octanol–water partition coefficient (Wildman–Crippen LogP) is 5.15. The molecule has 0 spiro atoms. The Bertz CT molecular complexity index is 1390. The van der Waals surface area contributed by atoms with Crippen molar-refractivity contribution in [1.82, 2.24) is 4.98 Å². The number of anilines is 1. The molecule has 2 aliphatic rings. The van der Waals surface area contributed by atoms with Crippen LogP contribution in [0.3, 0.4) is 0 Å². The van der Waals surface area contributed by atoms with E-state index in [4.69, 9.17) is 4.74 Å². The van der Waals surface area contributed by atoms with Crippen LogP contribution < -0.4 is 4.90 Å². The third-order valence-corrected chi connectivity index (χ3v) is 6.79. The van der Waals surface area contributed by atoms with Crippen LogP contribution in [0.2, 0.25) is 0 Å². The van der Waals surface area contributed by atoms with Crippen molar-refractivity contribution in [3.05, 3.63) is 100 Å². The fourth-order valence-electron chi connectivity index (χ4n) is 5.03. The van der Waals surface area contributed by atoms with Gasteiger partial charge in [-0.1, -0.05) is 18.2 Å². The molecule has 188 valence electrons. The Morgan fingerprint density at radius 3 is 2.38 bits per heavy atom. The van der Waals surface area contributed by atoms with Crippen molar-refractivity contribution < 1.29 is 24.2 Å². The second-order valence-electron chi connectivity index (χ2n) is 9.65. The van der Waals surface area contributed by atoms with Gasteiger partial charge in [0.15, 0.2) is 0 Å². The standard InChI is InChI=1S/C30H28N2O5/c1-18(2)37-30(36)20-11-13-24(14-12-20)32-26(23-8-5-15-31-17-23)25(28(34)29(32)35)27(33)22-10-9-19-6-3-4-7-21(19)16-22/h5,8-18,26,33H,3-4,6-7H2,1-2H3/b27-25-. The van der Waals surface area contributed by atoms with E-state index in [1.807, 2.05) is 18.2 Å². The molecule has 1 unspecified atom stereocenters. The minimum atomic E-state index is -0.877. The van der Waals surface area contributed by atoms with E-state index in [9.17, 15) is 19.5 Å². The van der Waals surface area contributed by atoms with Crippen molar-refractivity contribution in [2.75, 3.05) is 4.90 Å². The Labute approximate surface area is 215 Å². The smallest absolute Gasteiger partial charge is 0.338 e. The quantitative estimate of drug-likeness (QED) is 0.227. The molecular formula is C30H28N2O5. The molecule has 7 nitrogen and oxygen atoms in total. The van der Waals surface area contributed by atoms with Crippen LogP contribution in [0.15, 0.2) is 72.6 Å². The lowest BCUT2D eigenvalue weighted by Crippen LogP contribution is -2.29. The topological polar surface area (TPSA) is 96.8 Å². The highest BCUT2D eigenvalue weighted by Gasteiger charge is 2.47. The molecule has 0 saturated carbocycles. The Balaban J connectivity index is 1.59. The number of aromatic nitrogens is 1. The molecule has 1 amide bonds. The monoisotopic (exact) mass is 496 g/mol. The molecule has 3 aromatic rings. The van der Waals surface area contributed by atoms with Crippen molar-refractivity contribution in [1.29, 1.82) is 0 Å². The highest BCUT2D eigenvalue weighted by molar-refractivity contribution is 6.51. The molecule has 0 radical (unpaired) electrons. The number of rotatable bonds is 5. The lowest BCUT2D eigenvalue weighted by molar-refractivity contribution is -0.132. The van der Waals surface area contributed by atoms with Gasteiger partial charge in [-0.15, -0.1) is 0 Å². The minimum Gasteiger partial charge on any atom is -0.507 e. The van der Waals surface area contributed by atoms with E-state index in [-0.39, 0.29) is 17.4 Å². The fourth-order valence-corrected chi connectivity index (χ4v) is 5.03.